The molecule has 0 aliphatic heterocycles. The lowest BCUT2D eigenvalue weighted by Crippen LogP contribution is -2.28. The Labute approximate surface area is 110 Å². The van der Waals surface area contributed by atoms with Crippen LogP contribution in [0.4, 0.5) is 0 Å². The van der Waals surface area contributed by atoms with Crippen LogP contribution in [0.15, 0.2) is 0 Å². The standard InChI is InChI=1S/C14H26O4/c1-6-7-10(2)8-11(13(16)17)9-12(15)18-14(3,4)5/h10-11H,6-9H2,1-5H3,(H,16,17)/t10-,11-/m0/s1. The van der Waals surface area contributed by atoms with E-state index in [0.29, 0.717) is 12.3 Å². The van der Waals surface area contributed by atoms with Gasteiger partial charge in [0.15, 0.2) is 0 Å². The first-order valence-corrected chi connectivity index (χ1v) is 6.60. The van der Waals surface area contributed by atoms with Crippen molar-refractivity contribution in [3.05, 3.63) is 0 Å². The van der Waals surface area contributed by atoms with Crippen molar-refractivity contribution < 1.29 is 19.4 Å². The molecule has 0 saturated heterocycles. The van der Waals surface area contributed by atoms with Gasteiger partial charge in [-0.15, -0.1) is 0 Å². The third-order valence-electron chi connectivity index (χ3n) is 2.65. The second-order valence-electron chi connectivity index (χ2n) is 5.96. The van der Waals surface area contributed by atoms with Crippen molar-refractivity contribution in [1.82, 2.24) is 0 Å². The first-order valence-electron chi connectivity index (χ1n) is 6.60. The van der Waals surface area contributed by atoms with Crippen molar-refractivity contribution in [2.24, 2.45) is 11.8 Å². The molecule has 0 unspecified atom stereocenters. The molecular weight excluding hydrogens is 232 g/mol. The number of carboxylic acid groups (broad SMARTS) is 1. The summed E-state index contributed by atoms with van der Waals surface area (Å²) in [5, 5.41) is 9.13. The van der Waals surface area contributed by atoms with Gasteiger partial charge in [0.2, 0.25) is 0 Å². The van der Waals surface area contributed by atoms with Crippen molar-refractivity contribution in [3.8, 4) is 0 Å². The molecule has 0 aromatic rings. The maximum atomic E-state index is 11.6. The highest BCUT2D eigenvalue weighted by atomic mass is 16.6. The van der Waals surface area contributed by atoms with E-state index in [-0.39, 0.29) is 6.42 Å². The maximum Gasteiger partial charge on any atom is 0.307 e. The maximum absolute atomic E-state index is 11.6. The Morgan fingerprint density at radius 2 is 1.83 bits per heavy atom. The highest BCUT2D eigenvalue weighted by molar-refractivity contribution is 5.78. The van der Waals surface area contributed by atoms with E-state index in [1.807, 2.05) is 6.92 Å². The molecule has 0 spiro atoms. The summed E-state index contributed by atoms with van der Waals surface area (Å²) in [6.45, 7) is 9.43. The van der Waals surface area contributed by atoms with Crippen LogP contribution in [0.2, 0.25) is 0 Å². The van der Waals surface area contributed by atoms with Gasteiger partial charge < -0.3 is 9.84 Å². The van der Waals surface area contributed by atoms with Gasteiger partial charge in [-0.2, -0.15) is 0 Å². The minimum atomic E-state index is -0.913. The Balaban J connectivity index is 4.36. The largest absolute Gasteiger partial charge is 0.481 e. The summed E-state index contributed by atoms with van der Waals surface area (Å²) in [6, 6.07) is 0. The van der Waals surface area contributed by atoms with Crippen LogP contribution in [0.1, 0.15) is 60.3 Å². The second kappa shape index (κ2) is 7.39. The van der Waals surface area contributed by atoms with E-state index in [1.54, 1.807) is 20.8 Å². The van der Waals surface area contributed by atoms with Crippen molar-refractivity contribution >= 4 is 11.9 Å². The van der Waals surface area contributed by atoms with E-state index < -0.39 is 23.5 Å². The predicted octanol–water partition coefficient (Wildman–Crippen LogP) is 3.25. The summed E-state index contributed by atoms with van der Waals surface area (Å²) in [4.78, 5) is 22.8. The molecule has 0 fully saturated rings. The van der Waals surface area contributed by atoms with Crippen LogP contribution in [0, 0.1) is 11.8 Å². The van der Waals surface area contributed by atoms with E-state index in [4.69, 9.17) is 9.84 Å². The number of aliphatic carboxylic acids is 1. The Hall–Kier alpha value is -1.06. The molecule has 0 aliphatic rings. The molecule has 18 heavy (non-hydrogen) atoms. The fourth-order valence-corrected chi connectivity index (χ4v) is 1.95. The molecule has 4 nitrogen and oxygen atoms in total. The van der Waals surface area contributed by atoms with Crippen molar-refractivity contribution in [1.29, 1.82) is 0 Å². The number of esters is 1. The summed E-state index contributed by atoms with van der Waals surface area (Å²) >= 11 is 0. The lowest BCUT2D eigenvalue weighted by atomic mass is 9.90. The van der Waals surface area contributed by atoms with Gasteiger partial charge in [0.1, 0.15) is 5.60 Å². The van der Waals surface area contributed by atoms with Crippen molar-refractivity contribution in [3.63, 3.8) is 0 Å². The minimum absolute atomic E-state index is 0.0410. The fourth-order valence-electron chi connectivity index (χ4n) is 1.95. The first-order chi connectivity index (χ1) is 8.15. The van der Waals surface area contributed by atoms with Gasteiger partial charge in [-0.3, -0.25) is 9.59 Å². The zero-order valence-electron chi connectivity index (χ0n) is 12.2. The quantitative estimate of drug-likeness (QED) is 0.712. The lowest BCUT2D eigenvalue weighted by molar-refractivity contribution is -0.160. The molecular formula is C14H26O4. The van der Waals surface area contributed by atoms with E-state index in [1.165, 1.54) is 0 Å². The van der Waals surface area contributed by atoms with Gasteiger partial charge in [0, 0.05) is 0 Å². The number of carboxylic acids is 1. The lowest BCUT2D eigenvalue weighted by Gasteiger charge is -2.22. The molecule has 2 atom stereocenters. The van der Waals surface area contributed by atoms with E-state index in [0.717, 1.165) is 12.8 Å². The Morgan fingerprint density at radius 1 is 1.28 bits per heavy atom. The summed E-state index contributed by atoms with van der Waals surface area (Å²) in [7, 11) is 0. The number of carbonyl (C=O) groups is 2. The number of ether oxygens (including phenoxy) is 1. The van der Waals surface area contributed by atoms with Crippen molar-refractivity contribution in [2.75, 3.05) is 0 Å². The predicted molar refractivity (Wildman–Crippen MR) is 70.3 cm³/mol. The van der Waals surface area contributed by atoms with Crippen LogP contribution < -0.4 is 0 Å². The zero-order valence-corrected chi connectivity index (χ0v) is 12.2. The second-order valence-corrected chi connectivity index (χ2v) is 5.96. The van der Waals surface area contributed by atoms with E-state index in [2.05, 4.69) is 6.92 Å². The van der Waals surface area contributed by atoms with Gasteiger partial charge in [-0.1, -0.05) is 26.7 Å². The molecule has 0 aliphatic carbocycles. The average molecular weight is 258 g/mol. The van der Waals surface area contributed by atoms with Crippen LogP contribution >= 0.6 is 0 Å². The van der Waals surface area contributed by atoms with Crippen LogP contribution in [-0.2, 0) is 14.3 Å². The topological polar surface area (TPSA) is 63.6 Å². The molecule has 0 saturated carbocycles. The van der Waals surface area contributed by atoms with E-state index in [9.17, 15) is 9.59 Å². The molecule has 0 amide bonds. The first kappa shape index (κ1) is 16.9. The Bertz CT molecular complexity index is 278. The van der Waals surface area contributed by atoms with Gasteiger partial charge in [-0.25, -0.2) is 0 Å². The van der Waals surface area contributed by atoms with Gasteiger partial charge in [0.05, 0.1) is 12.3 Å². The monoisotopic (exact) mass is 258 g/mol. The molecule has 1 N–H and O–H groups in total. The normalized spacial score (nSPS) is 14.9. The zero-order chi connectivity index (χ0) is 14.3. The number of rotatable bonds is 7. The van der Waals surface area contributed by atoms with Crippen LogP contribution in [0.25, 0.3) is 0 Å². The molecule has 0 bridgehead atoms. The average Bonchev–Trinajstić information content (AvgIpc) is 2.13. The van der Waals surface area contributed by atoms with Gasteiger partial charge in [0.25, 0.3) is 0 Å². The van der Waals surface area contributed by atoms with Crippen LogP contribution in [0.5, 0.6) is 0 Å². The molecule has 106 valence electrons. The highest BCUT2D eigenvalue weighted by Crippen LogP contribution is 2.21. The summed E-state index contributed by atoms with van der Waals surface area (Å²) in [5.41, 5.74) is -0.560. The molecule has 4 heteroatoms. The third kappa shape index (κ3) is 8.09. The highest BCUT2D eigenvalue weighted by Gasteiger charge is 2.26. The fraction of sp³-hybridized carbons (Fsp3) is 0.857. The summed E-state index contributed by atoms with van der Waals surface area (Å²) in [6.07, 6.45) is 2.50. The van der Waals surface area contributed by atoms with E-state index >= 15 is 0 Å². The Morgan fingerprint density at radius 3 is 2.22 bits per heavy atom. The van der Waals surface area contributed by atoms with Crippen LogP contribution in [0.3, 0.4) is 0 Å². The summed E-state index contributed by atoms with van der Waals surface area (Å²) < 4.78 is 5.16. The molecule has 0 radical (unpaired) electrons. The Kier molecular flexibility index (Phi) is 6.96. The molecule has 0 aromatic carbocycles. The molecule has 0 aromatic heterocycles. The van der Waals surface area contributed by atoms with Gasteiger partial charge >= 0.3 is 11.9 Å². The number of carbonyl (C=O) groups excluding carboxylic acids is 1. The smallest absolute Gasteiger partial charge is 0.307 e. The molecule has 0 rings (SSSR count). The van der Waals surface area contributed by atoms with Crippen molar-refractivity contribution in [2.45, 2.75) is 65.9 Å². The molecule has 0 heterocycles. The SMILES string of the molecule is CCC[C@H](C)C[C@@H](CC(=O)OC(C)(C)C)C(=O)O. The third-order valence-corrected chi connectivity index (χ3v) is 2.65. The number of hydrogen-bond acceptors (Lipinski definition) is 3. The summed E-state index contributed by atoms with van der Waals surface area (Å²) in [5.74, 6) is -1.66. The van der Waals surface area contributed by atoms with Crippen LogP contribution in [-0.4, -0.2) is 22.6 Å². The van der Waals surface area contributed by atoms with Gasteiger partial charge in [-0.05, 0) is 33.1 Å². The number of hydrogen-bond donors (Lipinski definition) is 1. The minimum Gasteiger partial charge on any atom is -0.481 e.